The number of carbonyl (C=O) groups excluding carboxylic acids is 3. The first kappa shape index (κ1) is 32.3. The van der Waals surface area contributed by atoms with E-state index in [9.17, 15) is 19.5 Å². The maximum absolute atomic E-state index is 13.6. The van der Waals surface area contributed by atoms with Crippen LogP contribution in [0.3, 0.4) is 0 Å². The number of aromatic nitrogens is 1. The molecule has 3 atom stereocenters. The number of urea groups is 2. The Hall–Kier alpha value is -5.10. The summed E-state index contributed by atoms with van der Waals surface area (Å²) in [6, 6.07) is 17.5. The summed E-state index contributed by atoms with van der Waals surface area (Å²) in [6.07, 6.45) is -0.500. The summed E-state index contributed by atoms with van der Waals surface area (Å²) < 4.78 is 11.7. The number of nitrogens with zero attached hydrogens (tertiary/aromatic N) is 3. The van der Waals surface area contributed by atoms with Gasteiger partial charge in [-0.05, 0) is 50.4 Å². The van der Waals surface area contributed by atoms with E-state index in [1.54, 1.807) is 55.8 Å². The molecular formula is C34H40N6O6. The minimum atomic E-state index is -0.497. The molecule has 1 aromatic heterocycles. The van der Waals surface area contributed by atoms with Crippen LogP contribution in [-0.4, -0.2) is 76.9 Å². The van der Waals surface area contributed by atoms with Crippen molar-refractivity contribution in [2.45, 2.75) is 46.3 Å². The van der Waals surface area contributed by atoms with Crippen molar-refractivity contribution in [3.63, 3.8) is 0 Å². The molecule has 1 aliphatic heterocycles. The zero-order valence-corrected chi connectivity index (χ0v) is 26.7. The summed E-state index contributed by atoms with van der Waals surface area (Å²) in [7, 11) is 1.70. The highest BCUT2D eigenvalue weighted by Crippen LogP contribution is 2.30. The first-order chi connectivity index (χ1) is 22.0. The number of amides is 5. The number of rotatable bonds is 7. The van der Waals surface area contributed by atoms with Crippen LogP contribution in [0, 0.1) is 19.8 Å². The van der Waals surface area contributed by atoms with Crippen molar-refractivity contribution < 1.29 is 28.8 Å². The zero-order valence-electron chi connectivity index (χ0n) is 26.7. The third kappa shape index (κ3) is 7.23. The van der Waals surface area contributed by atoms with E-state index in [0.29, 0.717) is 46.4 Å². The van der Waals surface area contributed by atoms with Crippen LogP contribution < -0.4 is 20.7 Å². The summed E-state index contributed by atoms with van der Waals surface area (Å²) in [5, 5.41) is 24.3. The third-order valence-electron chi connectivity index (χ3n) is 8.28. The van der Waals surface area contributed by atoms with Gasteiger partial charge < -0.3 is 40.1 Å². The third-order valence-corrected chi connectivity index (χ3v) is 8.28. The fraction of sp³-hybridized carbons (Fsp3) is 0.353. The Morgan fingerprint density at radius 3 is 2.59 bits per heavy atom. The molecule has 4 N–H and O–H groups in total. The SMILES string of the molecule is Cc1noc(C)c1NC(=O)Nc1ccc2c(c1)CC(=O)N([C@H](C)CO)C[C@@H](C)[C@@H](CN(C)C(=O)Nc1cccc3ccccc13)O2. The average Bonchev–Trinajstić information content (AvgIpc) is 3.37. The quantitative estimate of drug-likeness (QED) is 0.214. The molecule has 0 aliphatic carbocycles. The Kier molecular flexibility index (Phi) is 9.76. The molecule has 0 fully saturated rings. The number of benzene rings is 3. The molecule has 0 saturated carbocycles. The van der Waals surface area contributed by atoms with Gasteiger partial charge in [-0.2, -0.15) is 0 Å². The van der Waals surface area contributed by atoms with E-state index in [4.69, 9.17) is 9.26 Å². The number of carbonyl (C=O) groups is 3. The van der Waals surface area contributed by atoms with E-state index in [2.05, 4.69) is 21.1 Å². The highest BCUT2D eigenvalue weighted by molar-refractivity contribution is 6.02. The monoisotopic (exact) mass is 628 g/mol. The smallest absolute Gasteiger partial charge is 0.323 e. The maximum Gasteiger partial charge on any atom is 0.323 e. The predicted molar refractivity (Wildman–Crippen MR) is 176 cm³/mol. The van der Waals surface area contributed by atoms with Crippen LogP contribution in [0.1, 0.15) is 30.9 Å². The Labute approximate surface area is 267 Å². The summed E-state index contributed by atoms with van der Waals surface area (Å²) in [4.78, 5) is 43.0. The molecular weight excluding hydrogens is 588 g/mol. The number of aryl methyl sites for hydroxylation is 2. The number of likely N-dealkylation sites (N-methyl/N-ethyl adjacent to an activating group) is 1. The highest BCUT2D eigenvalue weighted by atomic mass is 16.5. The van der Waals surface area contributed by atoms with E-state index in [0.717, 1.165) is 10.8 Å². The van der Waals surface area contributed by atoms with Gasteiger partial charge in [0.1, 0.15) is 23.2 Å². The molecule has 4 aromatic rings. The Morgan fingerprint density at radius 1 is 1.09 bits per heavy atom. The molecule has 5 amide bonds. The van der Waals surface area contributed by atoms with E-state index in [-0.39, 0.29) is 37.4 Å². The van der Waals surface area contributed by atoms with Crippen molar-refractivity contribution in [2.75, 3.05) is 42.7 Å². The fourth-order valence-electron chi connectivity index (χ4n) is 5.56. The molecule has 3 aromatic carbocycles. The van der Waals surface area contributed by atoms with Crippen LogP contribution in [-0.2, 0) is 11.2 Å². The fourth-order valence-corrected chi connectivity index (χ4v) is 5.56. The summed E-state index contributed by atoms with van der Waals surface area (Å²) in [6.45, 7) is 7.54. The van der Waals surface area contributed by atoms with Crippen LogP contribution >= 0.6 is 0 Å². The van der Waals surface area contributed by atoms with Crippen molar-refractivity contribution in [3.05, 3.63) is 77.7 Å². The Morgan fingerprint density at radius 2 is 1.85 bits per heavy atom. The lowest BCUT2D eigenvalue weighted by molar-refractivity contribution is -0.134. The molecule has 0 radical (unpaired) electrons. The van der Waals surface area contributed by atoms with Crippen molar-refractivity contribution in [1.82, 2.24) is 15.0 Å². The van der Waals surface area contributed by atoms with Gasteiger partial charge in [-0.1, -0.05) is 48.5 Å². The molecule has 0 bridgehead atoms. The normalized spacial score (nSPS) is 17.2. The molecule has 0 spiro atoms. The number of aliphatic hydroxyl groups excluding tert-OH is 1. The van der Waals surface area contributed by atoms with E-state index in [1.165, 1.54) is 0 Å². The van der Waals surface area contributed by atoms with E-state index < -0.39 is 18.2 Å². The molecule has 46 heavy (non-hydrogen) atoms. The Balaban J connectivity index is 1.37. The van der Waals surface area contributed by atoms with Gasteiger partial charge in [-0.25, -0.2) is 9.59 Å². The predicted octanol–water partition coefficient (Wildman–Crippen LogP) is 5.40. The van der Waals surface area contributed by atoms with Crippen molar-refractivity contribution in [2.24, 2.45) is 5.92 Å². The maximum atomic E-state index is 13.6. The molecule has 12 heteroatoms. The van der Waals surface area contributed by atoms with Crippen LogP contribution in [0.4, 0.5) is 26.7 Å². The minimum absolute atomic E-state index is 0.00245. The molecule has 12 nitrogen and oxygen atoms in total. The average molecular weight is 629 g/mol. The van der Waals surface area contributed by atoms with Gasteiger partial charge in [0.25, 0.3) is 0 Å². The van der Waals surface area contributed by atoms with Crippen LogP contribution in [0.25, 0.3) is 10.8 Å². The molecule has 1 aliphatic rings. The van der Waals surface area contributed by atoms with E-state index in [1.807, 2.05) is 49.4 Å². The minimum Gasteiger partial charge on any atom is -0.488 e. The lowest BCUT2D eigenvalue weighted by Crippen LogP contribution is -2.48. The van der Waals surface area contributed by atoms with Crippen LogP contribution in [0.5, 0.6) is 5.75 Å². The van der Waals surface area contributed by atoms with Gasteiger partial charge in [0.15, 0.2) is 5.76 Å². The molecule has 2 heterocycles. The number of hydrogen-bond acceptors (Lipinski definition) is 7. The van der Waals surface area contributed by atoms with Crippen molar-refractivity contribution in [1.29, 1.82) is 0 Å². The van der Waals surface area contributed by atoms with E-state index >= 15 is 0 Å². The van der Waals surface area contributed by atoms with Crippen LogP contribution in [0.15, 0.2) is 65.2 Å². The van der Waals surface area contributed by atoms with Crippen molar-refractivity contribution >= 4 is 45.8 Å². The Bertz CT molecular complexity index is 1710. The first-order valence-corrected chi connectivity index (χ1v) is 15.2. The zero-order chi connectivity index (χ0) is 33.0. The first-order valence-electron chi connectivity index (χ1n) is 15.2. The molecule has 0 unspecified atom stereocenters. The number of hydrogen-bond donors (Lipinski definition) is 4. The number of nitrogens with one attached hydrogen (secondary N) is 3. The number of aliphatic hydroxyl groups is 1. The number of ether oxygens (including phenoxy) is 1. The summed E-state index contributed by atoms with van der Waals surface area (Å²) >= 11 is 0. The van der Waals surface area contributed by atoms with Gasteiger partial charge in [-0.3, -0.25) is 4.79 Å². The largest absolute Gasteiger partial charge is 0.488 e. The second-order valence-corrected chi connectivity index (χ2v) is 11.8. The molecule has 242 valence electrons. The number of fused-ring (bicyclic) bond motifs is 2. The van der Waals surface area contributed by atoms with Gasteiger partial charge in [0.05, 0.1) is 31.3 Å². The topological polar surface area (TPSA) is 149 Å². The molecule has 0 saturated heterocycles. The van der Waals surface area contributed by atoms with Gasteiger partial charge in [0, 0.05) is 36.1 Å². The highest BCUT2D eigenvalue weighted by Gasteiger charge is 2.32. The van der Waals surface area contributed by atoms with Gasteiger partial charge in [0.2, 0.25) is 5.91 Å². The van der Waals surface area contributed by atoms with Crippen LogP contribution in [0.2, 0.25) is 0 Å². The lowest BCUT2D eigenvalue weighted by atomic mass is 10.0. The standard InChI is InChI=1S/C34H40N6O6/c1-20-17-40(21(2)19-41)31(42)16-25-15-26(35-33(43)37-32-22(3)38-46-23(32)4)13-14-29(25)45-30(20)18-39(5)34(44)36-28-12-8-10-24-9-6-7-11-27(24)28/h6-15,20-21,30,41H,16-19H2,1-5H3,(H,36,44)(H2,35,37,43)/t20-,21-,30-/m1/s1. The van der Waals surface area contributed by atoms with Gasteiger partial charge >= 0.3 is 12.1 Å². The van der Waals surface area contributed by atoms with Gasteiger partial charge in [-0.15, -0.1) is 0 Å². The summed E-state index contributed by atoms with van der Waals surface area (Å²) in [5.41, 5.74) is 2.76. The second kappa shape index (κ2) is 13.9. The summed E-state index contributed by atoms with van der Waals surface area (Å²) in [5.74, 6) is 0.576. The lowest BCUT2D eigenvalue weighted by Gasteiger charge is -2.34. The van der Waals surface area contributed by atoms with Crippen molar-refractivity contribution in [3.8, 4) is 5.75 Å². The molecule has 5 rings (SSSR count). The number of anilines is 3. The second-order valence-electron chi connectivity index (χ2n) is 11.8.